The zero-order chi connectivity index (χ0) is 10.2. The van der Waals surface area contributed by atoms with Crippen LogP contribution in [0.4, 0.5) is 0 Å². The zero-order valence-corrected chi connectivity index (χ0v) is 8.87. The van der Waals surface area contributed by atoms with Gasteiger partial charge in [-0.25, -0.2) is 0 Å². The second-order valence-electron chi connectivity index (χ2n) is 3.66. The monoisotopic (exact) mass is 200 g/mol. The SMILES string of the molecule is C/C(=C/CCOC1CCCCO1)CO. The summed E-state index contributed by atoms with van der Waals surface area (Å²) in [5.74, 6) is 0. The maximum Gasteiger partial charge on any atom is 0.157 e. The van der Waals surface area contributed by atoms with Crippen LogP contribution in [0.1, 0.15) is 32.6 Å². The maximum atomic E-state index is 8.75. The van der Waals surface area contributed by atoms with Gasteiger partial charge in [0.1, 0.15) is 0 Å². The van der Waals surface area contributed by atoms with Crippen LogP contribution in [0.15, 0.2) is 11.6 Å². The van der Waals surface area contributed by atoms with Gasteiger partial charge in [-0.2, -0.15) is 0 Å². The molecule has 1 fully saturated rings. The molecule has 1 rings (SSSR count). The second kappa shape index (κ2) is 6.98. The van der Waals surface area contributed by atoms with E-state index in [1.807, 2.05) is 13.0 Å². The van der Waals surface area contributed by atoms with Crippen LogP contribution >= 0.6 is 0 Å². The van der Waals surface area contributed by atoms with Crippen LogP contribution in [0.25, 0.3) is 0 Å². The molecular formula is C11H20O3. The predicted octanol–water partition coefficient (Wildman–Crippen LogP) is 1.86. The van der Waals surface area contributed by atoms with Gasteiger partial charge in [0.25, 0.3) is 0 Å². The summed E-state index contributed by atoms with van der Waals surface area (Å²) >= 11 is 0. The summed E-state index contributed by atoms with van der Waals surface area (Å²) in [7, 11) is 0. The summed E-state index contributed by atoms with van der Waals surface area (Å²) in [6.07, 6.45) is 6.24. The van der Waals surface area contributed by atoms with E-state index in [0.717, 1.165) is 31.4 Å². The topological polar surface area (TPSA) is 38.7 Å². The maximum absolute atomic E-state index is 8.75. The highest BCUT2D eigenvalue weighted by Gasteiger charge is 2.12. The fraction of sp³-hybridized carbons (Fsp3) is 0.818. The van der Waals surface area contributed by atoms with Crippen LogP contribution < -0.4 is 0 Å². The van der Waals surface area contributed by atoms with E-state index in [1.54, 1.807) is 0 Å². The molecule has 0 aromatic heterocycles. The average Bonchev–Trinajstić information content (AvgIpc) is 2.25. The number of aliphatic hydroxyl groups is 1. The van der Waals surface area contributed by atoms with Crippen LogP contribution in [0, 0.1) is 0 Å². The van der Waals surface area contributed by atoms with Gasteiger partial charge >= 0.3 is 0 Å². The van der Waals surface area contributed by atoms with Gasteiger partial charge in [-0.3, -0.25) is 0 Å². The molecule has 0 bridgehead atoms. The molecule has 14 heavy (non-hydrogen) atoms. The first-order valence-electron chi connectivity index (χ1n) is 5.32. The van der Waals surface area contributed by atoms with Crippen molar-refractivity contribution in [2.75, 3.05) is 19.8 Å². The van der Waals surface area contributed by atoms with E-state index in [1.165, 1.54) is 6.42 Å². The van der Waals surface area contributed by atoms with Crippen molar-refractivity contribution >= 4 is 0 Å². The van der Waals surface area contributed by atoms with E-state index >= 15 is 0 Å². The molecule has 0 amide bonds. The largest absolute Gasteiger partial charge is 0.392 e. The highest BCUT2D eigenvalue weighted by Crippen LogP contribution is 2.13. The molecule has 1 atom stereocenters. The minimum Gasteiger partial charge on any atom is -0.392 e. The normalized spacial score (nSPS) is 23.9. The molecule has 1 heterocycles. The summed E-state index contributed by atoms with van der Waals surface area (Å²) in [5, 5.41) is 8.75. The Morgan fingerprint density at radius 3 is 3.07 bits per heavy atom. The standard InChI is InChI=1S/C11H20O3/c1-10(9-12)5-4-8-14-11-6-2-3-7-13-11/h5,11-12H,2-4,6-9H2,1H3/b10-5-. The van der Waals surface area contributed by atoms with Crippen LogP contribution in [-0.4, -0.2) is 31.2 Å². The Labute approximate surface area is 85.7 Å². The predicted molar refractivity (Wildman–Crippen MR) is 55.0 cm³/mol. The number of hydrogen-bond acceptors (Lipinski definition) is 3. The van der Waals surface area contributed by atoms with Crippen LogP contribution in [-0.2, 0) is 9.47 Å². The van der Waals surface area contributed by atoms with Gasteiger partial charge < -0.3 is 14.6 Å². The highest BCUT2D eigenvalue weighted by molar-refractivity contribution is 4.97. The molecule has 3 nitrogen and oxygen atoms in total. The van der Waals surface area contributed by atoms with Crippen LogP contribution in [0.3, 0.4) is 0 Å². The lowest BCUT2D eigenvalue weighted by Gasteiger charge is -2.22. The van der Waals surface area contributed by atoms with Gasteiger partial charge in [-0.05, 0) is 32.6 Å². The van der Waals surface area contributed by atoms with E-state index in [2.05, 4.69) is 0 Å². The van der Waals surface area contributed by atoms with Crippen molar-refractivity contribution in [2.24, 2.45) is 0 Å². The van der Waals surface area contributed by atoms with Gasteiger partial charge in [0.05, 0.1) is 13.2 Å². The fourth-order valence-electron chi connectivity index (χ4n) is 1.41. The minimum absolute atomic E-state index is 0.00610. The molecule has 0 aromatic carbocycles. The third kappa shape index (κ3) is 4.74. The van der Waals surface area contributed by atoms with Crippen molar-refractivity contribution in [3.05, 3.63) is 11.6 Å². The van der Waals surface area contributed by atoms with Crippen molar-refractivity contribution in [3.8, 4) is 0 Å². The summed E-state index contributed by atoms with van der Waals surface area (Å²) in [6, 6.07) is 0. The molecule has 1 unspecified atom stereocenters. The van der Waals surface area contributed by atoms with E-state index < -0.39 is 0 Å². The summed E-state index contributed by atoms with van der Waals surface area (Å²) in [4.78, 5) is 0. The molecule has 1 aliphatic heterocycles. The van der Waals surface area contributed by atoms with Crippen molar-refractivity contribution in [1.29, 1.82) is 0 Å². The van der Waals surface area contributed by atoms with E-state index in [0.29, 0.717) is 6.61 Å². The summed E-state index contributed by atoms with van der Waals surface area (Å²) in [6.45, 7) is 3.56. The summed E-state index contributed by atoms with van der Waals surface area (Å²) in [5.41, 5.74) is 0.998. The molecule has 0 spiro atoms. The fourth-order valence-corrected chi connectivity index (χ4v) is 1.41. The van der Waals surface area contributed by atoms with Gasteiger partial charge in [0.2, 0.25) is 0 Å². The molecule has 3 heteroatoms. The molecule has 82 valence electrons. The van der Waals surface area contributed by atoms with Crippen molar-refractivity contribution in [1.82, 2.24) is 0 Å². The second-order valence-corrected chi connectivity index (χ2v) is 3.66. The molecular weight excluding hydrogens is 180 g/mol. The molecule has 0 aliphatic carbocycles. The highest BCUT2D eigenvalue weighted by atomic mass is 16.7. The number of ether oxygens (including phenoxy) is 2. The van der Waals surface area contributed by atoms with Gasteiger partial charge in [-0.15, -0.1) is 0 Å². The van der Waals surface area contributed by atoms with Gasteiger partial charge in [-0.1, -0.05) is 11.6 Å². The minimum atomic E-state index is 0.00610. The van der Waals surface area contributed by atoms with Gasteiger partial charge in [0.15, 0.2) is 6.29 Å². The van der Waals surface area contributed by atoms with Crippen molar-refractivity contribution in [3.63, 3.8) is 0 Å². The van der Waals surface area contributed by atoms with Crippen molar-refractivity contribution < 1.29 is 14.6 Å². The number of rotatable bonds is 5. The van der Waals surface area contributed by atoms with E-state index in [-0.39, 0.29) is 12.9 Å². The molecule has 0 saturated carbocycles. The van der Waals surface area contributed by atoms with Gasteiger partial charge in [0, 0.05) is 6.61 Å². The van der Waals surface area contributed by atoms with Crippen LogP contribution in [0.2, 0.25) is 0 Å². The molecule has 1 aliphatic rings. The van der Waals surface area contributed by atoms with Crippen LogP contribution in [0.5, 0.6) is 0 Å². The molecule has 0 aromatic rings. The zero-order valence-electron chi connectivity index (χ0n) is 8.87. The average molecular weight is 200 g/mol. The lowest BCUT2D eigenvalue weighted by atomic mass is 10.2. The first kappa shape index (κ1) is 11.7. The lowest BCUT2D eigenvalue weighted by Crippen LogP contribution is -2.22. The Bertz CT molecular complexity index is 171. The Kier molecular flexibility index (Phi) is 5.83. The quantitative estimate of drug-likeness (QED) is 0.544. The first-order valence-corrected chi connectivity index (χ1v) is 5.32. The number of hydrogen-bond donors (Lipinski definition) is 1. The summed E-state index contributed by atoms with van der Waals surface area (Å²) < 4.78 is 10.9. The molecule has 1 saturated heterocycles. The smallest absolute Gasteiger partial charge is 0.157 e. The van der Waals surface area contributed by atoms with E-state index in [9.17, 15) is 0 Å². The molecule has 0 radical (unpaired) electrons. The Hall–Kier alpha value is -0.380. The third-order valence-electron chi connectivity index (χ3n) is 2.30. The first-order chi connectivity index (χ1) is 6.83. The lowest BCUT2D eigenvalue weighted by molar-refractivity contribution is -0.161. The molecule has 1 N–H and O–H groups in total. The Morgan fingerprint density at radius 2 is 2.43 bits per heavy atom. The Morgan fingerprint density at radius 1 is 1.57 bits per heavy atom. The Balaban J connectivity index is 2.02. The van der Waals surface area contributed by atoms with Crippen molar-refractivity contribution in [2.45, 2.75) is 38.9 Å². The van der Waals surface area contributed by atoms with E-state index in [4.69, 9.17) is 14.6 Å². The third-order valence-corrected chi connectivity index (χ3v) is 2.30. The number of aliphatic hydroxyl groups excluding tert-OH is 1.